The van der Waals surface area contributed by atoms with E-state index in [1.165, 1.54) is 16.7 Å². The highest BCUT2D eigenvalue weighted by molar-refractivity contribution is 6.12. The molecule has 39 heavy (non-hydrogen) atoms. The highest BCUT2D eigenvalue weighted by Crippen LogP contribution is 2.38. The summed E-state index contributed by atoms with van der Waals surface area (Å²) in [5.74, 6) is 0. The van der Waals surface area contributed by atoms with Crippen LogP contribution in [-0.2, 0) is 6.42 Å². The number of rotatable bonds is 8. The Bertz CT molecular complexity index is 1740. The first-order chi connectivity index (χ1) is 19.2. The molecule has 0 aliphatic rings. The maximum absolute atomic E-state index is 6.42. The zero-order chi connectivity index (χ0) is 26.6. The number of furan rings is 1. The first kappa shape index (κ1) is 24.7. The van der Waals surface area contributed by atoms with Crippen molar-refractivity contribution < 1.29 is 4.42 Å². The van der Waals surface area contributed by atoms with Crippen LogP contribution in [0.1, 0.15) is 29.8 Å². The predicted octanol–water partition coefficient (Wildman–Crippen LogP) is 8.47. The standard InChI is InChI=1S/C35H31N3O/c1-24(26-10-4-2-5-11-26)16-17-25-22-31(34-30-14-8-9-15-32(30)39-33(34)23-25)27-18-20-28(21-19-27)35(36)38-37-29-12-6-3-7-13-29/h2-16,18-23,35,37-38H,17,36H2,1H3/b24-16+. The molecule has 0 saturated carbocycles. The second-order valence-electron chi connectivity index (χ2n) is 9.81. The molecule has 192 valence electrons. The van der Waals surface area contributed by atoms with Crippen molar-refractivity contribution in [1.82, 2.24) is 5.43 Å². The maximum Gasteiger partial charge on any atom is 0.136 e. The summed E-state index contributed by atoms with van der Waals surface area (Å²) >= 11 is 0. The summed E-state index contributed by atoms with van der Waals surface area (Å²) in [7, 11) is 0. The lowest BCUT2D eigenvalue weighted by Gasteiger charge is -2.17. The molecule has 6 aromatic rings. The lowest BCUT2D eigenvalue weighted by atomic mass is 9.94. The summed E-state index contributed by atoms with van der Waals surface area (Å²) in [5, 5.41) is 2.26. The number of fused-ring (bicyclic) bond motifs is 3. The quantitative estimate of drug-likeness (QED) is 0.142. The molecule has 1 aromatic heterocycles. The molecule has 4 nitrogen and oxygen atoms in total. The second kappa shape index (κ2) is 11.0. The van der Waals surface area contributed by atoms with Gasteiger partial charge in [0.25, 0.3) is 0 Å². The van der Waals surface area contributed by atoms with E-state index in [1.807, 2.05) is 48.5 Å². The predicted molar refractivity (Wildman–Crippen MR) is 163 cm³/mol. The van der Waals surface area contributed by atoms with Crippen LogP contribution in [0.2, 0.25) is 0 Å². The summed E-state index contributed by atoms with van der Waals surface area (Å²) in [5.41, 5.74) is 22.6. The molecule has 1 unspecified atom stereocenters. The van der Waals surface area contributed by atoms with E-state index in [9.17, 15) is 0 Å². The number of hydrogen-bond donors (Lipinski definition) is 3. The summed E-state index contributed by atoms with van der Waals surface area (Å²) in [6, 6.07) is 41.6. The lowest BCUT2D eigenvalue weighted by Crippen LogP contribution is -2.33. The van der Waals surface area contributed by atoms with Crippen LogP contribution >= 0.6 is 0 Å². The number of hydrazine groups is 1. The fraction of sp³-hybridized carbons (Fsp3) is 0.0857. The molecule has 0 bridgehead atoms. The molecule has 1 atom stereocenters. The number of benzene rings is 5. The van der Waals surface area contributed by atoms with Gasteiger partial charge in [-0.3, -0.25) is 0 Å². The van der Waals surface area contributed by atoms with Crippen molar-refractivity contribution in [2.45, 2.75) is 19.5 Å². The summed E-state index contributed by atoms with van der Waals surface area (Å²) in [6.45, 7) is 2.17. The summed E-state index contributed by atoms with van der Waals surface area (Å²) < 4.78 is 6.32. The van der Waals surface area contributed by atoms with Gasteiger partial charge in [0.2, 0.25) is 0 Å². The van der Waals surface area contributed by atoms with Crippen LogP contribution in [0.5, 0.6) is 0 Å². The molecule has 0 spiro atoms. The number of para-hydroxylation sites is 2. The molecule has 0 aliphatic heterocycles. The first-order valence-electron chi connectivity index (χ1n) is 13.2. The molecule has 0 fully saturated rings. The lowest BCUT2D eigenvalue weighted by molar-refractivity contribution is 0.615. The Morgan fingerprint density at radius 3 is 2.26 bits per heavy atom. The smallest absolute Gasteiger partial charge is 0.136 e. The van der Waals surface area contributed by atoms with Crippen molar-refractivity contribution in [2.24, 2.45) is 5.73 Å². The van der Waals surface area contributed by atoms with Crippen LogP contribution in [0.25, 0.3) is 38.6 Å². The zero-order valence-electron chi connectivity index (χ0n) is 21.9. The molecule has 0 aliphatic carbocycles. The Hall–Kier alpha value is -4.64. The van der Waals surface area contributed by atoms with E-state index < -0.39 is 0 Å². The van der Waals surface area contributed by atoms with Crippen LogP contribution in [0.3, 0.4) is 0 Å². The van der Waals surface area contributed by atoms with E-state index in [2.05, 4.69) is 96.6 Å². The molecule has 0 radical (unpaired) electrons. The van der Waals surface area contributed by atoms with Crippen LogP contribution in [0, 0.1) is 0 Å². The van der Waals surface area contributed by atoms with Crippen molar-refractivity contribution in [2.75, 3.05) is 5.43 Å². The number of nitrogens with one attached hydrogen (secondary N) is 2. The minimum Gasteiger partial charge on any atom is -0.456 e. The van der Waals surface area contributed by atoms with E-state index in [0.29, 0.717) is 0 Å². The molecule has 6 rings (SSSR count). The Labute approximate surface area is 228 Å². The number of hydrogen-bond acceptors (Lipinski definition) is 4. The molecule has 1 heterocycles. The van der Waals surface area contributed by atoms with Gasteiger partial charge in [-0.05, 0) is 77.1 Å². The molecule has 0 saturated heterocycles. The van der Waals surface area contributed by atoms with Crippen LogP contribution in [0.15, 0.2) is 132 Å². The van der Waals surface area contributed by atoms with Crippen molar-refractivity contribution in [3.8, 4) is 11.1 Å². The Balaban J connectivity index is 1.33. The molecule has 4 heteroatoms. The van der Waals surface area contributed by atoms with E-state index in [1.54, 1.807) is 0 Å². The molecule has 0 amide bonds. The van der Waals surface area contributed by atoms with Gasteiger partial charge in [-0.25, -0.2) is 5.43 Å². The number of anilines is 1. The van der Waals surface area contributed by atoms with Gasteiger partial charge in [0, 0.05) is 16.5 Å². The van der Waals surface area contributed by atoms with Crippen molar-refractivity contribution in [1.29, 1.82) is 0 Å². The first-order valence-corrected chi connectivity index (χ1v) is 13.2. The monoisotopic (exact) mass is 509 g/mol. The van der Waals surface area contributed by atoms with Crippen LogP contribution < -0.4 is 16.6 Å². The third-order valence-corrected chi connectivity index (χ3v) is 7.14. The zero-order valence-corrected chi connectivity index (χ0v) is 21.9. The van der Waals surface area contributed by atoms with Gasteiger partial charge < -0.3 is 15.6 Å². The van der Waals surface area contributed by atoms with Crippen molar-refractivity contribution in [3.05, 3.63) is 144 Å². The normalized spacial score (nSPS) is 12.6. The molecular weight excluding hydrogens is 478 g/mol. The third kappa shape index (κ3) is 5.34. The van der Waals surface area contributed by atoms with Crippen molar-refractivity contribution in [3.63, 3.8) is 0 Å². The fourth-order valence-electron chi connectivity index (χ4n) is 4.98. The largest absolute Gasteiger partial charge is 0.456 e. The van der Waals surface area contributed by atoms with Gasteiger partial charge in [0.15, 0.2) is 0 Å². The molecular formula is C35H31N3O. The van der Waals surface area contributed by atoms with Crippen LogP contribution in [0.4, 0.5) is 5.69 Å². The van der Waals surface area contributed by atoms with E-state index >= 15 is 0 Å². The van der Waals surface area contributed by atoms with Gasteiger partial charge in [-0.2, -0.15) is 0 Å². The number of allylic oxidation sites excluding steroid dienone is 2. The molecule has 5 aromatic carbocycles. The summed E-state index contributed by atoms with van der Waals surface area (Å²) in [6.07, 6.45) is 2.75. The number of nitrogens with two attached hydrogens (primary N) is 1. The maximum atomic E-state index is 6.42. The van der Waals surface area contributed by atoms with Gasteiger partial charge in [-0.1, -0.05) is 97.1 Å². The van der Waals surface area contributed by atoms with E-state index in [4.69, 9.17) is 10.2 Å². The Morgan fingerprint density at radius 2 is 1.49 bits per heavy atom. The van der Waals surface area contributed by atoms with Gasteiger partial charge >= 0.3 is 0 Å². The third-order valence-electron chi connectivity index (χ3n) is 7.14. The Morgan fingerprint density at radius 1 is 0.795 bits per heavy atom. The minimum absolute atomic E-state index is 0.355. The second-order valence-corrected chi connectivity index (χ2v) is 9.81. The van der Waals surface area contributed by atoms with Crippen molar-refractivity contribution >= 4 is 33.2 Å². The van der Waals surface area contributed by atoms with E-state index in [-0.39, 0.29) is 6.17 Å². The highest BCUT2D eigenvalue weighted by Gasteiger charge is 2.15. The molecule has 4 N–H and O–H groups in total. The fourth-order valence-corrected chi connectivity index (χ4v) is 4.98. The summed E-state index contributed by atoms with van der Waals surface area (Å²) in [4.78, 5) is 0. The Kier molecular flexibility index (Phi) is 6.96. The highest BCUT2D eigenvalue weighted by atomic mass is 16.3. The van der Waals surface area contributed by atoms with E-state index in [0.717, 1.165) is 50.7 Å². The van der Waals surface area contributed by atoms with Crippen LogP contribution in [-0.4, -0.2) is 0 Å². The topological polar surface area (TPSA) is 63.2 Å². The average molecular weight is 510 g/mol. The van der Waals surface area contributed by atoms with Gasteiger partial charge in [0.1, 0.15) is 11.2 Å². The minimum atomic E-state index is -0.355. The van der Waals surface area contributed by atoms with Gasteiger partial charge in [0.05, 0.1) is 6.17 Å². The average Bonchev–Trinajstić information content (AvgIpc) is 3.38. The van der Waals surface area contributed by atoms with Gasteiger partial charge in [-0.15, -0.1) is 0 Å². The SMILES string of the molecule is C/C(=C\Cc1cc(-c2ccc(C(N)NNc3ccccc3)cc2)c2c(c1)oc1ccccc12)c1ccccc1.